The van der Waals surface area contributed by atoms with E-state index in [2.05, 4.69) is 41.0 Å². The maximum absolute atomic E-state index is 12.8. The third-order valence-electron chi connectivity index (χ3n) is 4.24. The highest BCUT2D eigenvalue weighted by Gasteiger charge is 2.29. The van der Waals surface area contributed by atoms with Crippen molar-refractivity contribution >= 4 is 11.7 Å². The average Bonchev–Trinajstić information content (AvgIpc) is 2.46. The highest BCUT2D eigenvalue weighted by Crippen LogP contribution is 2.18. The second-order valence-electron chi connectivity index (χ2n) is 7.44. The van der Waals surface area contributed by atoms with Crippen LogP contribution in [0.25, 0.3) is 0 Å². The lowest BCUT2D eigenvalue weighted by Gasteiger charge is -2.40. The Morgan fingerprint density at radius 3 is 2.83 bits per heavy atom. The summed E-state index contributed by atoms with van der Waals surface area (Å²) in [7, 11) is 6.14. The Bertz CT molecular complexity index is 544. The molecule has 24 heavy (non-hydrogen) atoms. The van der Waals surface area contributed by atoms with Gasteiger partial charge in [-0.3, -0.25) is 4.98 Å². The van der Waals surface area contributed by atoms with E-state index in [1.165, 1.54) is 0 Å². The van der Waals surface area contributed by atoms with Crippen molar-refractivity contribution in [2.45, 2.75) is 32.9 Å². The monoisotopic (exact) mass is 333 g/mol. The molecule has 0 spiro atoms. The summed E-state index contributed by atoms with van der Waals surface area (Å²) in [5.41, 5.74) is 1.77. The fraction of sp³-hybridized carbons (Fsp3) is 0.667. The summed E-state index contributed by atoms with van der Waals surface area (Å²) in [6.07, 6.45) is 2.78. The SMILES string of the molecule is CC(C)CC1CN(C)CCN1C(=O)Nc1ccnc(CN(C)C)c1. The topological polar surface area (TPSA) is 51.7 Å². The van der Waals surface area contributed by atoms with E-state index in [-0.39, 0.29) is 12.1 Å². The number of pyridine rings is 1. The molecule has 1 aromatic heterocycles. The van der Waals surface area contributed by atoms with Crippen molar-refractivity contribution in [3.8, 4) is 0 Å². The number of nitrogens with one attached hydrogen (secondary N) is 1. The van der Waals surface area contributed by atoms with E-state index >= 15 is 0 Å². The Morgan fingerprint density at radius 2 is 2.17 bits per heavy atom. The summed E-state index contributed by atoms with van der Waals surface area (Å²) in [6.45, 7) is 7.81. The zero-order valence-corrected chi connectivity index (χ0v) is 15.6. The molecule has 1 aliphatic rings. The molecule has 6 heteroatoms. The van der Waals surface area contributed by atoms with Crippen LogP contribution in [0.15, 0.2) is 18.3 Å². The second-order valence-corrected chi connectivity index (χ2v) is 7.44. The summed E-state index contributed by atoms with van der Waals surface area (Å²) in [5.74, 6) is 0.574. The maximum atomic E-state index is 12.8. The van der Waals surface area contributed by atoms with Crippen molar-refractivity contribution in [2.24, 2.45) is 5.92 Å². The number of hydrogen-bond acceptors (Lipinski definition) is 4. The minimum Gasteiger partial charge on any atom is -0.319 e. The third kappa shape index (κ3) is 5.46. The van der Waals surface area contributed by atoms with Gasteiger partial charge in [-0.15, -0.1) is 0 Å². The fourth-order valence-electron chi connectivity index (χ4n) is 3.19. The van der Waals surface area contributed by atoms with Crippen LogP contribution in [0.3, 0.4) is 0 Å². The molecule has 2 amide bonds. The van der Waals surface area contributed by atoms with Crippen LogP contribution in [-0.2, 0) is 6.54 Å². The number of anilines is 1. The molecule has 0 radical (unpaired) electrons. The van der Waals surface area contributed by atoms with Crippen LogP contribution in [0, 0.1) is 5.92 Å². The number of nitrogens with zero attached hydrogens (tertiary/aromatic N) is 4. The molecule has 0 saturated carbocycles. The molecule has 2 rings (SSSR count). The normalized spacial score (nSPS) is 19.1. The number of urea groups is 1. The zero-order chi connectivity index (χ0) is 17.7. The van der Waals surface area contributed by atoms with E-state index in [9.17, 15) is 4.79 Å². The molecule has 0 aliphatic carbocycles. The van der Waals surface area contributed by atoms with E-state index in [0.29, 0.717) is 5.92 Å². The minimum absolute atomic E-state index is 0.00393. The van der Waals surface area contributed by atoms with Crippen molar-refractivity contribution in [1.82, 2.24) is 19.7 Å². The second kappa shape index (κ2) is 8.44. The summed E-state index contributed by atoms with van der Waals surface area (Å²) in [4.78, 5) is 23.5. The van der Waals surface area contributed by atoms with E-state index in [4.69, 9.17) is 0 Å². The maximum Gasteiger partial charge on any atom is 0.322 e. The number of amides is 2. The number of aromatic nitrogens is 1. The predicted octanol–water partition coefficient (Wildman–Crippen LogP) is 2.34. The van der Waals surface area contributed by atoms with Crippen molar-refractivity contribution in [3.05, 3.63) is 24.0 Å². The first-order valence-electron chi connectivity index (χ1n) is 8.71. The van der Waals surface area contributed by atoms with Crippen LogP contribution in [0.4, 0.5) is 10.5 Å². The molecule has 1 saturated heterocycles. The molecule has 1 fully saturated rings. The van der Waals surface area contributed by atoms with Crippen LogP contribution in [0.5, 0.6) is 0 Å². The first-order valence-corrected chi connectivity index (χ1v) is 8.71. The molecule has 1 unspecified atom stereocenters. The summed E-state index contributed by atoms with van der Waals surface area (Å²) < 4.78 is 0. The van der Waals surface area contributed by atoms with Gasteiger partial charge in [-0.1, -0.05) is 13.8 Å². The smallest absolute Gasteiger partial charge is 0.319 e. The molecule has 134 valence electrons. The summed E-state index contributed by atoms with van der Waals surface area (Å²) >= 11 is 0. The molecule has 0 aromatic carbocycles. The minimum atomic E-state index is -0.00393. The molecular formula is C18H31N5O. The summed E-state index contributed by atoms with van der Waals surface area (Å²) in [5, 5.41) is 3.05. The number of piperazine rings is 1. The zero-order valence-electron chi connectivity index (χ0n) is 15.6. The highest BCUT2D eigenvalue weighted by atomic mass is 16.2. The van der Waals surface area contributed by atoms with Gasteiger partial charge in [-0.2, -0.15) is 0 Å². The summed E-state index contributed by atoms with van der Waals surface area (Å²) in [6, 6.07) is 4.07. The lowest BCUT2D eigenvalue weighted by atomic mass is 10.0. The predicted molar refractivity (Wildman–Crippen MR) is 98.1 cm³/mol. The van der Waals surface area contributed by atoms with Gasteiger partial charge in [-0.05, 0) is 45.6 Å². The quantitative estimate of drug-likeness (QED) is 0.898. The Hall–Kier alpha value is -1.66. The van der Waals surface area contributed by atoms with Crippen LogP contribution in [0.1, 0.15) is 26.0 Å². The lowest BCUT2D eigenvalue weighted by molar-refractivity contribution is 0.105. The Labute approximate surface area is 145 Å². The molecule has 2 heterocycles. The van der Waals surface area contributed by atoms with E-state index in [1.807, 2.05) is 31.1 Å². The van der Waals surface area contributed by atoms with E-state index in [1.54, 1.807) is 6.20 Å². The number of likely N-dealkylation sites (N-methyl/N-ethyl adjacent to an activating group) is 1. The molecule has 1 aromatic rings. The van der Waals surface area contributed by atoms with Crippen LogP contribution < -0.4 is 5.32 Å². The van der Waals surface area contributed by atoms with Gasteiger partial charge in [0.05, 0.1) is 5.69 Å². The Balaban J connectivity index is 2.04. The van der Waals surface area contributed by atoms with Gasteiger partial charge in [0.25, 0.3) is 0 Å². The first kappa shape index (κ1) is 18.7. The molecule has 1 atom stereocenters. The van der Waals surface area contributed by atoms with E-state index in [0.717, 1.165) is 44.0 Å². The molecule has 1 aliphatic heterocycles. The largest absolute Gasteiger partial charge is 0.322 e. The first-order chi connectivity index (χ1) is 11.3. The molecule has 0 bridgehead atoms. The van der Waals surface area contributed by atoms with Gasteiger partial charge in [0, 0.05) is 44.1 Å². The Morgan fingerprint density at radius 1 is 1.42 bits per heavy atom. The highest BCUT2D eigenvalue weighted by molar-refractivity contribution is 5.89. The molecule has 6 nitrogen and oxygen atoms in total. The number of rotatable bonds is 5. The van der Waals surface area contributed by atoms with Gasteiger partial charge in [0.15, 0.2) is 0 Å². The molecule has 1 N–H and O–H groups in total. The van der Waals surface area contributed by atoms with Crippen molar-refractivity contribution in [1.29, 1.82) is 0 Å². The van der Waals surface area contributed by atoms with Crippen LogP contribution >= 0.6 is 0 Å². The lowest BCUT2D eigenvalue weighted by Crippen LogP contribution is -2.55. The standard InChI is InChI=1S/C18H31N5O/c1-14(2)10-17-13-22(5)8-9-23(17)18(24)20-15-6-7-19-16(11-15)12-21(3)4/h6-7,11,14,17H,8-10,12-13H2,1-5H3,(H,19,20,24). The Kier molecular flexibility index (Phi) is 6.57. The van der Waals surface area contributed by atoms with Gasteiger partial charge in [0.1, 0.15) is 0 Å². The molecular weight excluding hydrogens is 302 g/mol. The number of hydrogen-bond donors (Lipinski definition) is 1. The van der Waals surface area contributed by atoms with Crippen LogP contribution in [0.2, 0.25) is 0 Å². The van der Waals surface area contributed by atoms with E-state index < -0.39 is 0 Å². The third-order valence-corrected chi connectivity index (χ3v) is 4.24. The van der Waals surface area contributed by atoms with Crippen molar-refractivity contribution < 1.29 is 4.79 Å². The van der Waals surface area contributed by atoms with Gasteiger partial charge < -0.3 is 20.0 Å². The van der Waals surface area contributed by atoms with Crippen molar-refractivity contribution in [2.75, 3.05) is 46.1 Å². The number of carbonyl (C=O) groups is 1. The van der Waals surface area contributed by atoms with Gasteiger partial charge >= 0.3 is 6.03 Å². The van der Waals surface area contributed by atoms with Gasteiger partial charge in [0.2, 0.25) is 0 Å². The number of carbonyl (C=O) groups excluding carboxylic acids is 1. The van der Waals surface area contributed by atoms with Gasteiger partial charge in [-0.25, -0.2) is 4.79 Å². The van der Waals surface area contributed by atoms with Crippen molar-refractivity contribution in [3.63, 3.8) is 0 Å². The average molecular weight is 333 g/mol. The fourth-order valence-corrected chi connectivity index (χ4v) is 3.19. The van der Waals surface area contributed by atoms with Crippen LogP contribution in [-0.4, -0.2) is 72.5 Å².